The number of amides is 2. The number of anilines is 2. The van der Waals surface area contributed by atoms with Crippen LogP contribution in [-0.4, -0.2) is 42.3 Å². The molecule has 18 heavy (non-hydrogen) atoms. The average molecular weight is 251 g/mol. The molecule has 7 heteroatoms. The molecule has 0 fully saturated rings. The second-order valence-electron chi connectivity index (χ2n) is 3.99. The number of pyridine rings is 1. The van der Waals surface area contributed by atoms with Crippen molar-refractivity contribution in [1.82, 2.24) is 9.88 Å². The van der Waals surface area contributed by atoms with Crippen LogP contribution in [0.2, 0.25) is 0 Å². The molecule has 0 aromatic carbocycles. The molecule has 0 bridgehead atoms. The minimum absolute atomic E-state index is 0.0152. The van der Waals surface area contributed by atoms with Crippen molar-refractivity contribution in [2.24, 2.45) is 5.73 Å². The molecule has 1 aromatic heterocycles. The minimum atomic E-state index is -0.615. The molecule has 1 heterocycles. The van der Waals surface area contributed by atoms with Crippen molar-refractivity contribution in [3.63, 3.8) is 0 Å². The topological polar surface area (TPSA) is 114 Å². The summed E-state index contributed by atoms with van der Waals surface area (Å²) in [6.07, 6.45) is 1.72. The third-order valence-corrected chi connectivity index (χ3v) is 2.30. The van der Waals surface area contributed by atoms with Gasteiger partial charge in [0.05, 0.1) is 17.4 Å². The highest BCUT2D eigenvalue weighted by Crippen LogP contribution is 2.14. The number of aromatic nitrogens is 1. The molecule has 0 aliphatic carbocycles. The lowest BCUT2D eigenvalue weighted by atomic mass is 10.2. The highest BCUT2D eigenvalue weighted by atomic mass is 16.2. The predicted octanol–water partition coefficient (Wildman–Crippen LogP) is -0.347. The molecule has 5 N–H and O–H groups in total. The zero-order chi connectivity index (χ0) is 13.7. The van der Waals surface area contributed by atoms with Crippen molar-refractivity contribution in [2.45, 2.75) is 6.42 Å². The monoisotopic (exact) mass is 251 g/mol. The SMILES string of the molecule is CN(C)C(=O)CCNc1ncc(N)cc1C(N)=O. The van der Waals surface area contributed by atoms with E-state index in [2.05, 4.69) is 10.3 Å². The molecule has 0 saturated carbocycles. The summed E-state index contributed by atoms with van der Waals surface area (Å²) in [6, 6.07) is 1.45. The van der Waals surface area contributed by atoms with Gasteiger partial charge in [0.25, 0.3) is 5.91 Å². The summed E-state index contributed by atoms with van der Waals surface area (Å²) in [5.41, 5.74) is 11.3. The lowest BCUT2D eigenvalue weighted by Crippen LogP contribution is -2.24. The van der Waals surface area contributed by atoms with Gasteiger partial charge in [0.2, 0.25) is 5.91 Å². The van der Waals surface area contributed by atoms with Crippen LogP contribution in [0.1, 0.15) is 16.8 Å². The van der Waals surface area contributed by atoms with Gasteiger partial charge in [0, 0.05) is 27.1 Å². The zero-order valence-electron chi connectivity index (χ0n) is 10.4. The largest absolute Gasteiger partial charge is 0.397 e. The Kier molecular flexibility index (Phi) is 4.47. The fraction of sp³-hybridized carbons (Fsp3) is 0.364. The van der Waals surface area contributed by atoms with Crippen molar-refractivity contribution in [3.8, 4) is 0 Å². The maximum atomic E-state index is 11.4. The van der Waals surface area contributed by atoms with E-state index in [4.69, 9.17) is 11.5 Å². The second kappa shape index (κ2) is 5.85. The van der Waals surface area contributed by atoms with Crippen LogP contribution in [0.25, 0.3) is 0 Å². The Labute approximate surface area is 105 Å². The van der Waals surface area contributed by atoms with Crippen molar-refractivity contribution in [2.75, 3.05) is 31.7 Å². The van der Waals surface area contributed by atoms with E-state index in [-0.39, 0.29) is 11.5 Å². The number of carbonyl (C=O) groups is 2. The van der Waals surface area contributed by atoms with E-state index in [9.17, 15) is 9.59 Å². The van der Waals surface area contributed by atoms with Crippen LogP contribution in [0.5, 0.6) is 0 Å². The van der Waals surface area contributed by atoms with Crippen LogP contribution in [0.15, 0.2) is 12.3 Å². The molecule has 2 amide bonds. The highest BCUT2D eigenvalue weighted by molar-refractivity contribution is 5.98. The molecule has 7 nitrogen and oxygen atoms in total. The first-order valence-corrected chi connectivity index (χ1v) is 5.41. The number of nitrogens with zero attached hydrogens (tertiary/aromatic N) is 2. The Hall–Kier alpha value is -2.31. The smallest absolute Gasteiger partial charge is 0.252 e. The van der Waals surface area contributed by atoms with Crippen LogP contribution < -0.4 is 16.8 Å². The van der Waals surface area contributed by atoms with Crippen molar-refractivity contribution >= 4 is 23.3 Å². The van der Waals surface area contributed by atoms with Crippen LogP contribution in [0.3, 0.4) is 0 Å². The standard InChI is InChI=1S/C11H17N5O2/c1-16(2)9(17)3-4-14-11-8(10(13)18)5-7(12)6-15-11/h5-6H,3-4,12H2,1-2H3,(H2,13,18)(H,14,15). The predicted molar refractivity (Wildman–Crippen MR) is 69.0 cm³/mol. The third-order valence-electron chi connectivity index (χ3n) is 2.30. The number of primary amides is 1. The van der Waals surface area contributed by atoms with E-state index in [1.54, 1.807) is 14.1 Å². The molecule has 0 radical (unpaired) electrons. The molecular formula is C11H17N5O2. The lowest BCUT2D eigenvalue weighted by Gasteiger charge is -2.12. The number of hydrogen-bond donors (Lipinski definition) is 3. The molecule has 0 unspecified atom stereocenters. The van der Waals surface area contributed by atoms with Crippen LogP contribution in [0.4, 0.5) is 11.5 Å². The van der Waals surface area contributed by atoms with Gasteiger partial charge in [0.1, 0.15) is 5.82 Å². The lowest BCUT2D eigenvalue weighted by molar-refractivity contribution is -0.128. The first-order chi connectivity index (χ1) is 8.41. The van der Waals surface area contributed by atoms with Crippen LogP contribution >= 0.6 is 0 Å². The fourth-order valence-corrected chi connectivity index (χ4v) is 1.32. The van der Waals surface area contributed by atoms with Crippen molar-refractivity contribution in [3.05, 3.63) is 17.8 Å². The number of nitrogens with one attached hydrogen (secondary N) is 1. The van der Waals surface area contributed by atoms with Gasteiger partial charge in [0.15, 0.2) is 0 Å². The van der Waals surface area contributed by atoms with Gasteiger partial charge in [-0.3, -0.25) is 9.59 Å². The van der Waals surface area contributed by atoms with Crippen molar-refractivity contribution in [1.29, 1.82) is 0 Å². The van der Waals surface area contributed by atoms with Gasteiger partial charge in [-0.25, -0.2) is 4.98 Å². The molecule has 0 saturated heterocycles. The summed E-state index contributed by atoms with van der Waals surface area (Å²) in [5.74, 6) is -0.293. The molecule has 0 spiro atoms. The summed E-state index contributed by atoms with van der Waals surface area (Å²) in [6.45, 7) is 0.369. The van der Waals surface area contributed by atoms with Crippen LogP contribution in [0, 0.1) is 0 Å². The second-order valence-corrected chi connectivity index (χ2v) is 3.99. The van der Waals surface area contributed by atoms with Gasteiger partial charge in [-0.15, -0.1) is 0 Å². The quantitative estimate of drug-likeness (QED) is 0.662. The Morgan fingerprint density at radius 2 is 2.11 bits per heavy atom. The molecule has 0 aliphatic heterocycles. The number of carbonyl (C=O) groups excluding carboxylic acids is 2. The number of rotatable bonds is 5. The zero-order valence-corrected chi connectivity index (χ0v) is 10.4. The van der Waals surface area contributed by atoms with E-state index < -0.39 is 5.91 Å². The van der Waals surface area contributed by atoms with Gasteiger partial charge >= 0.3 is 0 Å². The van der Waals surface area contributed by atoms with E-state index in [0.29, 0.717) is 24.5 Å². The number of hydrogen-bond acceptors (Lipinski definition) is 5. The molecule has 0 aliphatic rings. The molecule has 98 valence electrons. The van der Waals surface area contributed by atoms with E-state index in [1.807, 2.05) is 0 Å². The Morgan fingerprint density at radius 3 is 2.67 bits per heavy atom. The van der Waals surface area contributed by atoms with E-state index >= 15 is 0 Å². The summed E-state index contributed by atoms with van der Waals surface area (Å²) in [4.78, 5) is 28.0. The first kappa shape index (κ1) is 13.8. The fourth-order valence-electron chi connectivity index (χ4n) is 1.32. The normalized spacial score (nSPS) is 9.89. The highest BCUT2D eigenvalue weighted by Gasteiger charge is 2.10. The maximum Gasteiger partial charge on any atom is 0.252 e. The van der Waals surface area contributed by atoms with Gasteiger partial charge in [-0.05, 0) is 6.07 Å². The summed E-state index contributed by atoms with van der Waals surface area (Å²) >= 11 is 0. The molecular weight excluding hydrogens is 234 g/mol. The summed E-state index contributed by atoms with van der Waals surface area (Å²) < 4.78 is 0. The maximum absolute atomic E-state index is 11.4. The Morgan fingerprint density at radius 1 is 1.44 bits per heavy atom. The average Bonchev–Trinajstić information content (AvgIpc) is 2.30. The summed E-state index contributed by atoms with van der Waals surface area (Å²) in [5, 5.41) is 2.89. The van der Waals surface area contributed by atoms with E-state index in [0.717, 1.165) is 0 Å². The minimum Gasteiger partial charge on any atom is -0.397 e. The van der Waals surface area contributed by atoms with Gasteiger partial charge < -0.3 is 21.7 Å². The molecule has 0 atom stereocenters. The number of nitrogen functional groups attached to an aromatic ring is 1. The van der Waals surface area contributed by atoms with Crippen molar-refractivity contribution < 1.29 is 9.59 Å². The Balaban J connectivity index is 2.68. The van der Waals surface area contributed by atoms with E-state index in [1.165, 1.54) is 17.2 Å². The van der Waals surface area contributed by atoms with Crippen LogP contribution in [-0.2, 0) is 4.79 Å². The number of nitrogens with two attached hydrogens (primary N) is 2. The Bertz CT molecular complexity index is 459. The molecule has 1 aromatic rings. The molecule has 1 rings (SSSR count). The summed E-state index contributed by atoms with van der Waals surface area (Å²) in [7, 11) is 3.36. The van der Waals surface area contributed by atoms with Gasteiger partial charge in [-0.1, -0.05) is 0 Å². The first-order valence-electron chi connectivity index (χ1n) is 5.41. The van der Waals surface area contributed by atoms with Gasteiger partial charge in [-0.2, -0.15) is 0 Å². The third kappa shape index (κ3) is 3.62.